The molecule has 0 amide bonds. The Bertz CT molecular complexity index is 219. The van der Waals surface area contributed by atoms with Gasteiger partial charge < -0.3 is 9.80 Å². The predicted molar refractivity (Wildman–Crippen MR) is 58.8 cm³/mol. The van der Waals surface area contributed by atoms with Crippen molar-refractivity contribution in [2.24, 2.45) is 0 Å². The Morgan fingerprint density at radius 2 is 1.92 bits per heavy atom. The van der Waals surface area contributed by atoms with Crippen LogP contribution in [0.5, 0.6) is 0 Å². The van der Waals surface area contributed by atoms with Gasteiger partial charge in [0.1, 0.15) is 0 Å². The van der Waals surface area contributed by atoms with Gasteiger partial charge in [0.2, 0.25) is 0 Å². The van der Waals surface area contributed by atoms with Crippen molar-refractivity contribution in [2.75, 3.05) is 32.9 Å². The van der Waals surface area contributed by atoms with Crippen LogP contribution in [0.25, 0.3) is 0 Å². The second-order valence-corrected chi connectivity index (χ2v) is 5.32. The highest BCUT2D eigenvalue weighted by Gasteiger charge is 2.42. The minimum absolute atomic E-state index is 0.439. The molecule has 0 aromatic carbocycles. The molecule has 2 aliphatic rings. The number of piperidine rings is 1. The number of thioether (sulfide) groups is 1. The summed E-state index contributed by atoms with van der Waals surface area (Å²) in [7, 11) is 4.41. The Hall–Kier alpha value is -0.150. The van der Waals surface area contributed by atoms with E-state index in [-0.39, 0.29) is 0 Å². The largest absolute Gasteiger partial charge is 0.363 e. The fourth-order valence-corrected chi connectivity index (χ4v) is 3.50. The van der Waals surface area contributed by atoms with Gasteiger partial charge in [-0.25, -0.2) is 0 Å². The molecular formula is C10H18N2S. The number of nitrogens with zero attached hydrogens (tertiary/aromatic N) is 2. The van der Waals surface area contributed by atoms with Gasteiger partial charge in [-0.15, -0.1) is 11.8 Å². The first-order valence-corrected chi connectivity index (χ1v) is 5.87. The van der Waals surface area contributed by atoms with Crippen LogP contribution < -0.4 is 0 Å². The van der Waals surface area contributed by atoms with Crippen LogP contribution in [-0.4, -0.2) is 48.3 Å². The highest BCUT2D eigenvalue weighted by Crippen LogP contribution is 2.43. The lowest BCUT2D eigenvalue weighted by Gasteiger charge is -2.42. The Labute approximate surface area is 85.0 Å². The Balaban J connectivity index is 2.09. The fourth-order valence-electron chi connectivity index (χ4n) is 2.19. The van der Waals surface area contributed by atoms with E-state index < -0.39 is 0 Å². The van der Waals surface area contributed by atoms with E-state index in [1.165, 1.54) is 36.7 Å². The highest BCUT2D eigenvalue weighted by molar-refractivity contribution is 8.03. The summed E-state index contributed by atoms with van der Waals surface area (Å²) in [5, 5.41) is 1.25. The van der Waals surface area contributed by atoms with E-state index in [0.29, 0.717) is 5.54 Å². The first-order valence-electron chi connectivity index (χ1n) is 4.88. The Morgan fingerprint density at radius 3 is 2.38 bits per heavy atom. The zero-order valence-electron chi connectivity index (χ0n) is 8.55. The van der Waals surface area contributed by atoms with E-state index in [1.807, 2.05) is 11.8 Å². The average Bonchev–Trinajstić information content (AvgIpc) is 2.40. The molecule has 74 valence electrons. The smallest absolute Gasteiger partial charge is 0.0637 e. The second-order valence-electron chi connectivity index (χ2n) is 4.27. The quantitative estimate of drug-likeness (QED) is 0.584. The molecule has 2 fully saturated rings. The molecule has 2 aliphatic heterocycles. The number of hydrogen-bond donors (Lipinski definition) is 0. The van der Waals surface area contributed by atoms with Crippen molar-refractivity contribution in [3.63, 3.8) is 0 Å². The molecule has 0 unspecified atom stereocenters. The number of rotatable bonds is 0. The molecule has 0 aliphatic carbocycles. The van der Waals surface area contributed by atoms with Gasteiger partial charge in [0.05, 0.1) is 10.6 Å². The Kier molecular flexibility index (Phi) is 2.32. The van der Waals surface area contributed by atoms with Crippen LogP contribution in [0, 0.1) is 0 Å². The van der Waals surface area contributed by atoms with E-state index in [4.69, 9.17) is 0 Å². The molecule has 0 aromatic rings. The third-order valence-electron chi connectivity index (χ3n) is 3.51. The third-order valence-corrected chi connectivity index (χ3v) is 4.80. The maximum absolute atomic E-state index is 4.08. The fraction of sp³-hybridized carbons (Fsp3) is 0.800. The Morgan fingerprint density at radius 1 is 1.31 bits per heavy atom. The van der Waals surface area contributed by atoms with Crippen LogP contribution in [0.1, 0.15) is 12.8 Å². The molecular weight excluding hydrogens is 180 g/mol. The lowest BCUT2D eigenvalue weighted by molar-refractivity contribution is 0.107. The molecule has 0 radical (unpaired) electrons. The SMILES string of the molecule is C=C1SCC2(CCN(C)CC2)N1C. The van der Waals surface area contributed by atoms with Crippen LogP contribution in [0.2, 0.25) is 0 Å². The molecule has 1 spiro atoms. The normalized spacial score (nSPS) is 28.8. The summed E-state index contributed by atoms with van der Waals surface area (Å²) in [5.74, 6) is 1.25. The third kappa shape index (κ3) is 1.48. The van der Waals surface area contributed by atoms with Gasteiger partial charge in [0, 0.05) is 25.9 Å². The van der Waals surface area contributed by atoms with Crippen LogP contribution in [0.3, 0.4) is 0 Å². The molecule has 2 nitrogen and oxygen atoms in total. The molecule has 0 saturated carbocycles. The van der Waals surface area contributed by atoms with E-state index >= 15 is 0 Å². The molecule has 3 heteroatoms. The van der Waals surface area contributed by atoms with Gasteiger partial charge in [-0.05, 0) is 19.9 Å². The summed E-state index contributed by atoms with van der Waals surface area (Å²) in [6, 6.07) is 0. The molecule has 0 bridgehead atoms. The van der Waals surface area contributed by atoms with Gasteiger partial charge in [0.25, 0.3) is 0 Å². The van der Waals surface area contributed by atoms with Crippen molar-refractivity contribution in [3.8, 4) is 0 Å². The minimum atomic E-state index is 0.439. The molecule has 2 heterocycles. The van der Waals surface area contributed by atoms with Crippen molar-refractivity contribution in [1.29, 1.82) is 0 Å². The topological polar surface area (TPSA) is 6.48 Å². The summed E-state index contributed by atoms with van der Waals surface area (Å²) < 4.78 is 0. The highest BCUT2D eigenvalue weighted by atomic mass is 32.2. The first-order chi connectivity index (χ1) is 6.14. The molecule has 2 saturated heterocycles. The molecule has 0 atom stereocenters. The zero-order chi connectivity index (χ0) is 9.47. The summed E-state index contributed by atoms with van der Waals surface area (Å²) in [6.45, 7) is 6.55. The van der Waals surface area contributed by atoms with Gasteiger partial charge in [-0.2, -0.15) is 0 Å². The van der Waals surface area contributed by atoms with Crippen molar-refractivity contribution in [2.45, 2.75) is 18.4 Å². The molecule has 2 rings (SSSR count). The van der Waals surface area contributed by atoms with Crippen molar-refractivity contribution >= 4 is 11.8 Å². The first kappa shape index (κ1) is 9.41. The van der Waals surface area contributed by atoms with Crippen molar-refractivity contribution in [1.82, 2.24) is 9.80 Å². The molecule has 13 heavy (non-hydrogen) atoms. The maximum Gasteiger partial charge on any atom is 0.0637 e. The standard InChI is InChI=1S/C10H18N2S/c1-9-12(3)10(8-13-9)4-6-11(2)7-5-10/h1,4-8H2,2-3H3. The van der Waals surface area contributed by atoms with Gasteiger partial charge >= 0.3 is 0 Å². The van der Waals surface area contributed by atoms with Gasteiger partial charge in [0.15, 0.2) is 0 Å². The second kappa shape index (κ2) is 3.21. The van der Waals surface area contributed by atoms with Crippen LogP contribution in [0.15, 0.2) is 11.6 Å². The lowest BCUT2D eigenvalue weighted by Crippen LogP contribution is -2.50. The monoisotopic (exact) mass is 198 g/mol. The van der Waals surface area contributed by atoms with E-state index in [9.17, 15) is 0 Å². The van der Waals surface area contributed by atoms with E-state index in [2.05, 4.69) is 30.5 Å². The number of likely N-dealkylation sites (tertiary alicyclic amines) is 1. The van der Waals surface area contributed by atoms with E-state index in [1.54, 1.807) is 0 Å². The van der Waals surface area contributed by atoms with Crippen LogP contribution in [-0.2, 0) is 0 Å². The number of hydrogen-bond acceptors (Lipinski definition) is 3. The lowest BCUT2D eigenvalue weighted by atomic mass is 9.88. The average molecular weight is 198 g/mol. The van der Waals surface area contributed by atoms with E-state index in [0.717, 1.165) is 0 Å². The van der Waals surface area contributed by atoms with Crippen LogP contribution in [0.4, 0.5) is 0 Å². The van der Waals surface area contributed by atoms with Crippen molar-refractivity contribution < 1.29 is 0 Å². The summed E-state index contributed by atoms with van der Waals surface area (Å²) in [5.41, 5.74) is 0.439. The molecule has 0 N–H and O–H groups in total. The summed E-state index contributed by atoms with van der Waals surface area (Å²) in [4.78, 5) is 4.83. The van der Waals surface area contributed by atoms with Gasteiger partial charge in [-0.1, -0.05) is 6.58 Å². The van der Waals surface area contributed by atoms with Gasteiger partial charge in [-0.3, -0.25) is 0 Å². The molecule has 0 aromatic heterocycles. The zero-order valence-corrected chi connectivity index (χ0v) is 9.36. The predicted octanol–water partition coefficient (Wildman–Crippen LogP) is 1.60. The minimum Gasteiger partial charge on any atom is -0.363 e. The summed E-state index contributed by atoms with van der Waals surface area (Å²) >= 11 is 1.92. The van der Waals surface area contributed by atoms with Crippen molar-refractivity contribution in [3.05, 3.63) is 11.6 Å². The van der Waals surface area contributed by atoms with Crippen LogP contribution >= 0.6 is 11.8 Å². The maximum atomic E-state index is 4.08. The summed E-state index contributed by atoms with van der Waals surface area (Å²) in [6.07, 6.45) is 2.60.